The fourth-order valence-corrected chi connectivity index (χ4v) is 4.67. The van der Waals surface area contributed by atoms with Gasteiger partial charge in [0, 0.05) is 36.6 Å². The van der Waals surface area contributed by atoms with Gasteiger partial charge in [-0.25, -0.2) is 4.99 Å². The number of thiophene rings is 1. The Kier molecular flexibility index (Phi) is 10.7. The van der Waals surface area contributed by atoms with Crippen molar-refractivity contribution >= 4 is 41.3 Å². The predicted octanol–water partition coefficient (Wildman–Crippen LogP) is 4.28. The van der Waals surface area contributed by atoms with Gasteiger partial charge in [0.05, 0.1) is 13.2 Å². The number of aliphatic hydroxyl groups is 1. The van der Waals surface area contributed by atoms with Crippen LogP contribution in [-0.2, 0) is 15.8 Å². The van der Waals surface area contributed by atoms with E-state index in [-0.39, 0.29) is 29.4 Å². The molecule has 3 rings (SSSR count). The van der Waals surface area contributed by atoms with Gasteiger partial charge in [0.2, 0.25) is 0 Å². The van der Waals surface area contributed by atoms with E-state index >= 15 is 0 Å². The average molecular weight is 574 g/mol. The summed E-state index contributed by atoms with van der Waals surface area (Å²) in [4.78, 5) is 5.61. The van der Waals surface area contributed by atoms with Crippen LogP contribution in [0.25, 0.3) is 0 Å². The minimum atomic E-state index is -0.984. The molecule has 3 N–H and O–H groups in total. The van der Waals surface area contributed by atoms with Crippen LogP contribution in [0, 0.1) is 0 Å². The van der Waals surface area contributed by atoms with E-state index in [1.165, 1.54) is 5.56 Å². The Bertz CT molecular complexity index is 820. The van der Waals surface area contributed by atoms with Crippen LogP contribution in [0.15, 0.2) is 46.8 Å². The van der Waals surface area contributed by atoms with Gasteiger partial charge in [0.1, 0.15) is 11.4 Å². The monoisotopic (exact) mass is 573 g/mol. The maximum Gasteiger partial charge on any atom is 0.191 e. The van der Waals surface area contributed by atoms with Gasteiger partial charge < -0.3 is 25.2 Å². The summed E-state index contributed by atoms with van der Waals surface area (Å²) in [5.41, 5.74) is 0.269. The molecular weight excluding hydrogens is 537 g/mol. The fraction of sp³-hybridized carbons (Fsp3) is 0.542. The van der Waals surface area contributed by atoms with Crippen molar-refractivity contribution < 1.29 is 14.6 Å². The van der Waals surface area contributed by atoms with Crippen molar-refractivity contribution in [1.82, 2.24) is 10.6 Å². The van der Waals surface area contributed by atoms with Crippen molar-refractivity contribution in [1.29, 1.82) is 0 Å². The SMILES string of the molecule is CCNC(=NCC(C)(O)c1cccs1)NCC1(c2ccc(OCC)cc2)CCOCC1.I. The van der Waals surface area contributed by atoms with Gasteiger partial charge in [0.25, 0.3) is 0 Å². The zero-order chi connectivity index (χ0) is 22.2. The summed E-state index contributed by atoms with van der Waals surface area (Å²) >= 11 is 1.55. The number of nitrogens with zero attached hydrogens (tertiary/aromatic N) is 1. The molecule has 0 aliphatic carbocycles. The molecule has 1 aliphatic rings. The molecule has 0 spiro atoms. The minimum Gasteiger partial charge on any atom is -0.494 e. The first kappa shape index (κ1) is 26.9. The predicted molar refractivity (Wildman–Crippen MR) is 143 cm³/mol. The van der Waals surface area contributed by atoms with Crippen molar-refractivity contribution in [2.24, 2.45) is 4.99 Å². The standard InChI is InChI=1S/C24H35N3O3S.HI/c1-4-25-22(26-17-23(3,28)21-7-6-16-31-21)27-18-24(12-14-29-15-13-24)19-8-10-20(11-9-19)30-5-2;/h6-11,16,28H,4-5,12-15,17-18H2,1-3H3,(H2,25,26,27);1H. The molecule has 1 saturated heterocycles. The number of aliphatic imine (C=N–C) groups is 1. The number of nitrogens with one attached hydrogen (secondary N) is 2. The highest BCUT2D eigenvalue weighted by Crippen LogP contribution is 2.35. The Labute approximate surface area is 212 Å². The minimum absolute atomic E-state index is 0. The molecule has 2 heterocycles. The largest absolute Gasteiger partial charge is 0.494 e. The molecule has 8 heteroatoms. The second-order valence-electron chi connectivity index (χ2n) is 8.15. The van der Waals surface area contributed by atoms with Gasteiger partial charge in [-0.3, -0.25) is 0 Å². The second kappa shape index (κ2) is 12.8. The summed E-state index contributed by atoms with van der Waals surface area (Å²) in [6, 6.07) is 12.3. The molecule has 32 heavy (non-hydrogen) atoms. The van der Waals surface area contributed by atoms with Crippen molar-refractivity contribution in [3.8, 4) is 5.75 Å². The highest BCUT2D eigenvalue weighted by atomic mass is 127. The molecule has 1 aliphatic heterocycles. The molecule has 6 nitrogen and oxygen atoms in total. The molecule has 2 aromatic rings. The maximum atomic E-state index is 10.8. The third kappa shape index (κ3) is 7.07. The molecule has 0 bridgehead atoms. The summed E-state index contributed by atoms with van der Waals surface area (Å²) in [6.07, 6.45) is 1.89. The third-order valence-corrected chi connectivity index (χ3v) is 6.89. The highest BCUT2D eigenvalue weighted by Gasteiger charge is 2.35. The van der Waals surface area contributed by atoms with E-state index in [1.54, 1.807) is 11.3 Å². The third-order valence-electron chi connectivity index (χ3n) is 5.76. The number of hydrogen-bond acceptors (Lipinski definition) is 5. The van der Waals surface area contributed by atoms with Gasteiger partial charge in [-0.15, -0.1) is 35.3 Å². The Balaban J connectivity index is 0.00000363. The normalized spacial score (nSPS) is 17.7. The van der Waals surface area contributed by atoms with E-state index in [1.807, 2.05) is 50.4 Å². The number of ether oxygens (including phenoxy) is 2. The molecule has 1 aromatic heterocycles. The summed E-state index contributed by atoms with van der Waals surface area (Å²) in [6.45, 7) is 9.81. The van der Waals surface area contributed by atoms with E-state index in [9.17, 15) is 5.11 Å². The van der Waals surface area contributed by atoms with Gasteiger partial charge in [0.15, 0.2) is 5.96 Å². The highest BCUT2D eigenvalue weighted by molar-refractivity contribution is 14.0. The number of hydrogen-bond donors (Lipinski definition) is 3. The zero-order valence-electron chi connectivity index (χ0n) is 19.2. The first-order valence-electron chi connectivity index (χ1n) is 11.1. The van der Waals surface area contributed by atoms with Crippen LogP contribution in [0.2, 0.25) is 0 Å². The number of rotatable bonds is 9. The molecule has 0 radical (unpaired) electrons. The lowest BCUT2D eigenvalue weighted by atomic mass is 9.74. The molecule has 1 fully saturated rings. The molecule has 1 aromatic carbocycles. The second-order valence-corrected chi connectivity index (χ2v) is 9.10. The average Bonchev–Trinajstić information content (AvgIpc) is 3.33. The summed E-state index contributed by atoms with van der Waals surface area (Å²) < 4.78 is 11.3. The number of guanidine groups is 1. The van der Waals surface area contributed by atoms with Crippen molar-refractivity contribution in [2.75, 3.05) is 39.5 Å². The van der Waals surface area contributed by atoms with Crippen molar-refractivity contribution in [3.05, 3.63) is 52.2 Å². The molecule has 178 valence electrons. The lowest BCUT2D eigenvalue weighted by Gasteiger charge is -2.38. The van der Waals surface area contributed by atoms with Gasteiger partial charge in [-0.2, -0.15) is 0 Å². The van der Waals surface area contributed by atoms with E-state index in [2.05, 4.69) is 27.8 Å². The lowest BCUT2D eigenvalue weighted by molar-refractivity contribution is 0.0513. The first-order chi connectivity index (χ1) is 15.0. The van der Waals surface area contributed by atoms with E-state index in [4.69, 9.17) is 9.47 Å². The van der Waals surface area contributed by atoms with Crippen LogP contribution in [0.3, 0.4) is 0 Å². The van der Waals surface area contributed by atoms with Crippen molar-refractivity contribution in [2.45, 2.75) is 44.6 Å². The quantitative estimate of drug-likeness (QED) is 0.237. The van der Waals surface area contributed by atoms with E-state index < -0.39 is 5.60 Å². The van der Waals surface area contributed by atoms with Gasteiger partial charge in [-0.1, -0.05) is 18.2 Å². The van der Waals surface area contributed by atoms with Crippen LogP contribution >= 0.6 is 35.3 Å². The molecular formula is C24H36IN3O3S. The Morgan fingerprint density at radius 2 is 1.91 bits per heavy atom. The summed E-state index contributed by atoms with van der Waals surface area (Å²) in [5, 5.41) is 19.6. The number of benzene rings is 1. The van der Waals surface area contributed by atoms with Gasteiger partial charge >= 0.3 is 0 Å². The lowest BCUT2D eigenvalue weighted by Crippen LogP contribution is -2.48. The topological polar surface area (TPSA) is 75.1 Å². The molecule has 1 atom stereocenters. The Morgan fingerprint density at radius 3 is 2.50 bits per heavy atom. The maximum absolute atomic E-state index is 10.8. The Morgan fingerprint density at radius 1 is 1.19 bits per heavy atom. The summed E-state index contributed by atoms with van der Waals surface area (Å²) in [5.74, 6) is 1.61. The van der Waals surface area contributed by atoms with Crippen LogP contribution in [-0.4, -0.2) is 50.5 Å². The van der Waals surface area contributed by atoms with Gasteiger partial charge in [-0.05, 0) is 62.8 Å². The smallest absolute Gasteiger partial charge is 0.191 e. The Hall–Kier alpha value is -1.36. The molecule has 1 unspecified atom stereocenters. The summed E-state index contributed by atoms with van der Waals surface area (Å²) in [7, 11) is 0. The molecule has 0 saturated carbocycles. The van der Waals surface area contributed by atoms with Crippen LogP contribution in [0.4, 0.5) is 0 Å². The van der Waals surface area contributed by atoms with E-state index in [0.717, 1.165) is 55.7 Å². The molecule has 0 amide bonds. The van der Waals surface area contributed by atoms with Crippen LogP contribution in [0.1, 0.15) is 44.1 Å². The van der Waals surface area contributed by atoms with Crippen LogP contribution in [0.5, 0.6) is 5.75 Å². The first-order valence-corrected chi connectivity index (χ1v) is 12.0. The van der Waals surface area contributed by atoms with Crippen LogP contribution < -0.4 is 15.4 Å². The number of halogens is 1. The van der Waals surface area contributed by atoms with Crippen molar-refractivity contribution in [3.63, 3.8) is 0 Å². The fourth-order valence-electron chi connectivity index (χ4n) is 3.89. The zero-order valence-corrected chi connectivity index (χ0v) is 22.4. The van der Waals surface area contributed by atoms with E-state index in [0.29, 0.717) is 13.2 Å².